The molecule has 25 heavy (non-hydrogen) atoms. The van der Waals surface area contributed by atoms with Crippen molar-refractivity contribution in [2.75, 3.05) is 58.2 Å². The summed E-state index contributed by atoms with van der Waals surface area (Å²) in [4.78, 5) is 8.35. The van der Waals surface area contributed by atoms with E-state index in [1.807, 2.05) is 23.9 Å². The van der Waals surface area contributed by atoms with Gasteiger partial charge in [-0.3, -0.25) is 9.89 Å². The second-order valence-electron chi connectivity index (χ2n) is 5.80. The normalized spacial score (nSPS) is 16.0. The van der Waals surface area contributed by atoms with Gasteiger partial charge in [0.15, 0.2) is 5.96 Å². The number of benzene rings is 1. The number of guanidine groups is 1. The molecular formula is C18H29ClN4OS. The minimum atomic E-state index is 0.779. The lowest BCUT2D eigenvalue weighted by molar-refractivity contribution is 0.0377. The van der Waals surface area contributed by atoms with Crippen molar-refractivity contribution in [1.29, 1.82) is 0 Å². The number of nitrogens with zero attached hydrogens (tertiary/aromatic N) is 2. The number of hydrogen-bond acceptors (Lipinski definition) is 4. The summed E-state index contributed by atoms with van der Waals surface area (Å²) in [6.07, 6.45) is 1.08. The molecule has 0 unspecified atom stereocenters. The van der Waals surface area contributed by atoms with Gasteiger partial charge in [0, 0.05) is 54.9 Å². The van der Waals surface area contributed by atoms with Gasteiger partial charge in [-0.05, 0) is 37.6 Å². The molecular weight excluding hydrogens is 356 g/mol. The van der Waals surface area contributed by atoms with E-state index in [2.05, 4.69) is 39.6 Å². The summed E-state index contributed by atoms with van der Waals surface area (Å²) < 4.78 is 5.37. The smallest absolute Gasteiger partial charge is 0.191 e. The van der Waals surface area contributed by atoms with E-state index in [0.29, 0.717) is 0 Å². The SMILES string of the molecule is CCNC(=NCCCN1CCOCC1)NCCSc1ccc(Cl)cc1. The number of halogens is 1. The van der Waals surface area contributed by atoms with Crippen molar-refractivity contribution in [2.45, 2.75) is 18.2 Å². The third-order valence-electron chi connectivity index (χ3n) is 3.83. The van der Waals surface area contributed by atoms with E-state index >= 15 is 0 Å². The molecule has 1 heterocycles. The Morgan fingerprint density at radius 2 is 2.00 bits per heavy atom. The Balaban J connectivity index is 1.62. The lowest BCUT2D eigenvalue weighted by Gasteiger charge is -2.26. The first kappa shape index (κ1) is 20.4. The predicted octanol–water partition coefficient (Wildman–Crippen LogP) is 2.71. The minimum Gasteiger partial charge on any atom is -0.379 e. The zero-order chi connectivity index (χ0) is 17.7. The Kier molecular flexibility index (Phi) is 10.1. The summed E-state index contributed by atoms with van der Waals surface area (Å²) in [5.74, 6) is 1.89. The second-order valence-corrected chi connectivity index (χ2v) is 7.40. The lowest BCUT2D eigenvalue weighted by Crippen LogP contribution is -2.39. The summed E-state index contributed by atoms with van der Waals surface area (Å²) >= 11 is 7.72. The first-order chi connectivity index (χ1) is 12.3. The van der Waals surface area contributed by atoms with Crippen LogP contribution in [0.3, 0.4) is 0 Å². The zero-order valence-corrected chi connectivity index (χ0v) is 16.5. The van der Waals surface area contributed by atoms with Gasteiger partial charge in [0.2, 0.25) is 0 Å². The molecule has 0 atom stereocenters. The molecule has 1 saturated heterocycles. The number of hydrogen-bond donors (Lipinski definition) is 2. The monoisotopic (exact) mass is 384 g/mol. The summed E-state index contributed by atoms with van der Waals surface area (Å²) in [6, 6.07) is 7.96. The van der Waals surface area contributed by atoms with Crippen molar-refractivity contribution in [3.8, 4) is 0 Å². The molecule has 1 aliphatic rings. The van der Waals surface area contributed by atoms with Gasteiger partial charge >= 0.3 is 0 Å². The fourth-order valence-electron chi connectivity index (χ4n) is 2.52. The second kappa shape index (κ2) is 12.4. The molecule has 0 amide bonds. The number of morpholine rings is 1. The van der Waals surface area contributed by atoms with Crippen LogP contribution in [0.2, 0.25) is 5.02 Å². The topological polar surface area (TPSA) is 48.9 Å². The Morgan fingerprint density at radius 3 is 2.72 bits per heavy atom. The van der Waals surface area contributed by atoms with E-state index < -0.39 is 0 Å². The number of thioether (sulfide) groups is 1. The van der Waals surface area contributed by atoms with Crippen LogP contribution in [0.15, 0.2) is 34.2 Å². The maximum Gasteiger partial charge on any atom is 0.191 e. The molecule has 0 aromatic heterocycles. The van der Waals surface area contributed by atoms with Crippen LogP contribution in [0, 0.1) is 0 Å². The third-order valence-corrected chi connectivity index (χ3v) is 5.09. The number of rotatable bonds is 9. The Bertz CT molecular complexity index is 506. The molecule has 2 N–H and O–H groups in total. The van der Waals surface area contributed by atoms with E-state index in [4.69, 9.17) is 16.3 Å². The molecule has 140 valence electrons. The van der Waals surface area contributed by atoms with E-state index in [1.54, 1.807) is 0 Å². The van der Waals surface area contributed by atoms with Crippen LogP contribution in [0.5, 0.6) is 0 Å². The molecule has 0 bridgehead atoms. The van der Waals surface area contributed by atoms with Crippen molar-refractivity contribution in [1.82, 2.24) is 15.5 Å². The highest BCUT2D eigenvalue weighted by atomic mass is 35.5. The molecule has 1 fully saturated rings. The average Bonchev–Trinajstić information content (AvgIpc) is 2.64. The molecule has 2 rings (SSSR count). The predicted molar refractivity (Wildman–Crippen MR) is 108 cm³/mol. The molecule has 1 aromatic rings. The van der Waals surface area contributed by atoms with Crippen molar-refractivity contribution >= 4 is 29.3 Å². The summed E-state index contributed by atoms with van der Waals surface area (Å²) in [6.45, 7) is 9.59. The van der Waals surface area contributed by atoms with Crippen LogP contribution in [0.4, 0.5) is 0 Å². The summed E-state index contributed by atoms with van der Waals surface area (Å²) in [7, 11) is 0. The first-order valence-corrected chi connectivity index (χ1v) is 10.3. The first-order valence-electron chi connectivity index (χ1n) is 8.98. The maximum atomic E-state index is 5.90. The molecule has 0 saturated carbocycles. The maximum absolute atomic E-state index is 5.90. The standard InChI is InChI=1S/C18H29ClN4OS/c1-2-20-18(21-8-3-10-23-11-13-24-14-12-23)22-9-15-25-17-6-4-16(19)5-7-17/h4-7H,2-3,8-15H2,1H3,(H2,20,21,22). The van der Waals surface area contributed by atoms with Crippen LogP contribution in [0.1, 0.15) is 13.3 Å². The fraction of sp³-hybridized carbons (Fsp3) is 0.611. The van der Waals surface area contributed by atoms with Crippen molar-refractivity contribution in [2.24, 2.45) is 4.99 Å². The Labute approximate surface area is 160 Å². The molecule has 0 spiro atoms. The van der Waals surface area contributed by atoms with Crippen molar-refractivity contribution in [3.63, 3.8) is 0 Å². The lowest BCUT2D eigenvalue weighted by atomic mass is 10.3. The summed E-state index contributed by atoms with van der Waals surface area (Å²) in [5.41, 5.74) is 0. The largest absolute Gasteiger partial charge is 0.379 e. The van der Waals surface area contributed by atoms with E-state index in [9.17, 15) is 0 Å². The van der Waals surface area contributed by atoms with Gasteiger partial charge in [0.05, 0.1) is 13.2 Å². The van der Waals surface area contributed by atoms with E-state index in [1.165, 1.54) is 4.90 Å². The van der Waals surface area contributed by atoms with Crippen molar-refractivity contribution in [3.05, 3.63) is 29.3 Å². The average molecular weight is 385 g/mol. The van der Waals surface area contributed by atoms with E-state index in [0.717, 1.165) is 75.6 Å². The van der Waals surface area contributed by atoms with Gasteiger partial charge in [0.1, 0.15) is 0 Å². The highest BCUT2D eigenvalue weighted by Gasteiger charge is 2.08. The molecule has 0 aliphatic carbocycles. The van der Waals surface area contributed by atoms with E-state index in [-0.39, 0.29) is 0 Å². The van der Waals surface area contributed by atoms with Crippen LogP contribution in [0.25, 0.3) is 0 Å². The van der Waals surface area contributed by atoms with Crippen LogP contribution < -0.4 is 10.6 Å². The molecule has 5 nitrogen and oxygen atoms in total. The number of ether oxygens (including phenoxy) is 1. The number of aliphatic imine (C=N–C) groups is 1. The van der Waals surface area contributed by atoms with Crippen LogP contribution >= 0.6 is 23.4 Å². The third kappa shape index (κ3) is 8.81. The molecule has 0 radical (unpaired) electrons. The minimum absolute atomic E-state index is 0.779. The van der Waals surface area contributed by atoms with Crippen molar-refractivity contribution < 1.29 is 4.74 Å². The van der Waals surface area contributed by atoms with Gasteiger partial charge in [-0.25, -0.2) is 0 Å². The van der Waals surface area contributed by atoms with Gasteiger partial charge in [-0.15, -0.1) is 11.8 Å². The van der Waals surface area contributed by atoms with Gasteiger partial charge in [-0.2, -0.15) is 0 Å². The molecule has 7 heteroatoms. The fourth-order valence-corrected chi connectivity index (χ4v) is 3.42. The van der Waals surface area contributed by atoms with Gasteiger partial charge in [0.25, 0.3) is 0 Å². The Hall–Kier alpha value is -0.950. The Morgan fingerprint density at radius 1 is 1.24 bits per heavy atom. The summed E-state index contributed by atoms with van der Waals surface area (Å²) in [5, 5.41) is 7.48. The van der Waals surface area contributed by atoms with Gasteiger partial charge < -0.3 is 15.4 Å². The zero-order valence-electron chi connectivity index (χ0n) is 15.0. The molecule has 1 aliphatic heterocycles. The van der Waals surface area contributed by atoms with Crippen LogP contribution in [-0.2, 0) is 4.74 Å². The van der Waals surface area contributed by atoms with Crippen LogP contribution in [-0.4, -0.2) is 69.1 Å². The van der Waals surface area contributed by atoms with Gasteiger partial charge in [-0.1, -0.05) is 11.6 Å². The number of nitrogens with one attached hydrogen (secondary N) is 2. The quantitative estimate of drug-likeness (QED) is 0.297. The highest BCUT2D eigenvalue weighted by molar-refractivity contribution is 7.99. The highest BCUT2D eigenvalue weighted by Crippen LogP contribution is 2.19. The molecule has 1 aromatic carbocycles.